The molecule has 0 aromatic heterocycles. The predicted molar refractivity (Wildman–Crippen MR) is 68.8 cm³/mol. The van der Waals surface area contributed by atoms with Crippen LogP contribution in [0, 0.1) is 11.7 Å². The molecule has 1 heterocycles. The molecule has 1 saturated heterocycles. The maximum absolute atomic E-state index is 13.0. The molecule has 4 nitrogen and oxygen atoms in total. The van der Waals surface area contributed by atoms with Gasteiger partial charge in [0, 0.05) is 19.5 Å². The Hall–Kier alpha value is -1.91. The fourth-order valence-electron chi connectivity index (χ4n) is 2.12. The van der Waals surface area contributed by atoms with Crippen molar-refractivity contribution in [3.63, 3.8) is 0 Å². The molecule has 1 aliphatic rings. The summed E-state index contributed by atoms with van der Waals surface area (Å²) in [6.45, 7) is 0.886. The van der Waals surface area contributed by atoms with Crippen LogP contribution in [-0.4, -0.2) is 24.9 Å². The molecule has 2 N–H and O–H groups in total. The van der Waals surface area contributed by atoms with Crippen LogP contribution in [0.1, 0.15) is 18.4 Å². The molecule has 0 aliphatic carbocycles. The highest BCUT2D eigenvalue weighted by atomic mass is 19.1. The van der Waals surface area contributed by atoms with Crippen LogP contribution in [0.15, 0.2) is 24.3 Å². The zero-order valence-electron chi connectivity index (χ0n) is 10.6. The predicted octanol–water partition coefficient (Wildman–Crippen LogP) is 1.01. The minimum atomic E-state index is -0.265. The smallest absolute Gasteiger partial charge is 0.224 e. The summed E-state index contributed by atoms with van der Waals surface area (Å²) >= 11 is 0. The third kappa shape index (κ3) is 4.05. The van der Waals surface area contributed by atoms with Gasteiger partial charge in [0.2, 0.25) is 11.8 Å². The number of carbonyl (C=O) groups is 2. The van der Waals surface area contributed by atoms with Gasteiger partial charge >= 0.3 is 0 Å². The van der Waals surface area contributed by atoms with Gasteiger partial charge < -0.3 is 10.6 Å². The number of piperidine rings is 1. The van der Waals surface area contributed by atoms with Crippen LogP contribution in [0.5, 0.6) is 0 Å². The van der Waals surface area contributed by atoms with Crippen molar-refractivity contribution >= 4 is 11.8 Å². The molecule has 1 unspecified atom stereocenters. The molecule has 1 aromatic rings. The first kappa shape index (κ1) is 13.5. The molecule has 0 radical (unpaired) electrons. The van der Waals surface area contributed by atoms with Gasteiger partial charge in [-0.05, 0) is 30.5 Å². The lowest BCUT2D eigenvalue weighted by molar-refractivity contribution is -0.128. The molecule has 2 rings (SSSR count). The molecule has 0 bridgehead atoms. The summed E-state index contributed by atoms with van der Waals surface area (Å²) in [4.78, 5) is 22.8. The van der Waals surface area contributed by atoms with E-state index < -0.39 is 0 Å². The summed E-state index contributed by atoms with van der Waals surface area (Å²) in [5.74, 6) is -0.454. The van der Waals surface area contributed by atoms with Gasteiger partial charge in [-0.3, -0.25) is 9.59 Å². The van der Waals surface area contributed by atoms with Crippen molar-refractivity contribution in [2.24, 2.45) is 5.92 Å². The molecule has 1 aromatic carbocycles. The topological polar surface area (TPSA) is 58.2 Å². The summed E-state index contributed by atoms with van der Waals surface area (Å²) in [6, 6.07) is 6.35. The first-order valence-electron chi connectivity index (χ1n) is 6.44. The van der Waals surface area contributed by atoms with Crippen molar-refractivity contribution in [2.45, 2.75) is 19.3 Å². The van der Waals surface area contributed by atoms with Gasteiger partial charge in [0.15, 0.2) is 0 Å². The third-order valence-corrected chi connectivity index (χ3v) is 3.24. The minimum Gasteiger partial charge on any atom is -0.355 e. The molecule has 1 fully saturated rings. The average Bonchev–Trinajstić information content (AvgIpc) is 2.39. The molecule has 102 valence electrons. The molecule has 19 heavy (non-hydrogen) atoms. The average molecular weight is 264 g/mol. The standard InChI is InChI=1S/C14H17FN2O2/c15-12-3-1-2-10(8-12)6-7-16-14(19)11-4-5-13(18)17-9-11/h1-3,8,11H,4-7,9H2,(H,16,19)(H,17,18). The van der Waals surface area contributed by atoms with E-state index in [2.05, 4.69) is 10.6 Å². The Kier molecular flexibility index (Phi) is 4.49. The number of halogens is 1. The van der Waals surface area contributed by atoms with E-state index in [-0.39, 0.29) is 23.5 Å². The number of rotatable bonds is 4. The van der Waals surface area contributed by atoms with Crippen molar-refractivity contribution in [1.29, 1.82) is 0 Å². The fourth-order valence-corrected chi connectivity index (χ4v) is 2.12. The van der Waals surface area contributed by atoms with Gasteiger partial charge in [-0.2, -0.15) is 0 Å². The number of carbonyl (C=O) groups excluding carboxylic acids is 2. The quantitative estimate of drug-likeness (QED) is 0.852. The van der Waals surface area contributed by atoms with E-state index in [1.807, 2.05) is 6.07 Å². The zero-order valence-corrected chi connectivity index (χ0v) is 10.6. The number of nitrogens with one attached hydrogen (secondary N) is 2. The highest BCUT2D eigenvalue weighted by Gasteiger charge is 2.23. The lowest BCUT2D eigenvalue weighted by Gasteiger charge is -2.21. The summed E-state index contributed by atoms with van der Waals surface area (Å²) in [5.41, 5.74) is 0.859. The van der Waals surface area contributed by atoms with Crippen molar-refractivity contribution in [3.05, 3.63) is 35.6 Å². The van der Waals surface area contributed by atoms with Crippen LogP contribution in [0.3, 0.4) is 0 Å². The summed E-state index contributed by atoms with van der Waals surface area (Å²) in [6.07, 6.45) is 1.60. The summed E-state index contributed by atoms with van der Waals surface area (Å²) < 4.78 is 13.0. The van der Waals surface area contributed by atoms with Crippen LogP contribution in [0.4, 0.5) is 4.39 Å². The normalized spacial score (nSPS) is 18.8. The lowest BCUT2D eigenvalue weighted by Crippen LogP contribution is -2.43. The van der Waals surface area contributed by atoms with E-state index >= 15 is 0 Å². The number of benzene rings is 1. The van der Waals surface area contributed by atoms with Crippen molar-refractivity contribution in [3.8, 4) is 0 Å². The van der Waals surface area contributed by atoms with E-state index in [0.717, 1.165) is 5.56 Å². The largest absolute Gasteiger partial charge is 0.355 e. The minimum absolute atomic E-state index is 0.00353. The Bertz CT molecular complexity index is 466. The van der Waals surface area contributed by atoms with Crippen LogP contribution in [-0.2, 0) is 16.0 Å². The number of hydrogen-bond donors (Lipinski definition) is 2. The molecule has 1 aliphatic heterocycles. The third-order valence-electron chi connectivity index (χ3n) is 3.24. The van der Waals surface area contributed by atoms with Crippen molar-refractivity contribution in [1.82, 2.24) is 10.6 Å². The van der Waals surface area contributed by atoms with E-state index in [9.17, 15) is 14.0 Å². The van der Waals surface area contributed by atoms with Gasteiger partial charge in [0.1, 0.15) is 5.82 Å². The maximum atomic E-state index is 13.0. The van der Waals surface area contributed by atoms with E-state index in [1.165, 1.54) is 12.1 Å². The molecule has 1 atom stereocenters. The second-order valence-corrected chi connectivity index (χ2v) is 4.71. The zero-order chi connectivity index (χ0) is 13.7. The van der Waals surface area contributed by atoms with Gasteiger partial charge in [-0.1, -0.05) is 12.1 Å². The first-order chi connectivity index (χ1) is 9.15. The highest BCUT2D eigenvalue weighted by molar-refractivity contribution is 5.83. The Morgan fingerprint density at radius 1 is 1.47 bits per heavy atom. The van der Waals surface area contributed by atoms with Crippen molar-refractivity contribution in [2.75, 3.05) is 13.1 Å². The van der Waals surface area contributed by atoms with Crippen LogP contribution in [0.2, 0.25) is 0 Å². The molecular weight excluding hydrogens is 247 g/mol. The van der Waals surface area contributed by atoms with Crippen molar-refractivity contribution < 1.29 is 14.0 Å². The van der Waals surface area contributed by atoms with E-state index in [1.54, 1.807) is 6.07 Å². The van der Waals surface area contributed by atoms with Crippen LogP contribution >= 0.6 is 0 Å². The van der Waals surface area contributed by atoms with E-state index in [4.69, 9.17) is 0 Å². The Morgan fingerprint density at radius 3 is 3.00 bits per heavy atom. The van der Waals surface area contributed by atoms with Crippen LogP contribution < -0.4 is 10.6 Å². The van der Waals surface area contributed by atoms with Crippen LogP contribution in [0.25, 0.3) is 0 Å². The Morgan fingerprint density at radius 2 is 2.32 bits per heavy atom. The number of amides is 2. The molecule has 2 amide bonds. The monoisotopic (exact) mass is 264 g/mol. The Balaban J connectivity index is 1.73. The summed E-state index contributed by atoms with van der Waals surface area (Å²) in [5, 5.41) is 5.50. The first-order valence-corrected chi connectivity index (χ1v) is 6.44. The summed E-state index contributed by atoms with van der Waals surface area (Å²) in [7, 11) is 0. The second-order valence-electron chi connectivity index (χ2n) is 4.71. The fraction of sp³-hybridized carbons (Fsp3) is 0.429. The molecule has 0 spiro atoms. The van der Waals surface area contributed by atoms with Gasteiger partial charge in [-0.25, -0.2) is 4.39 Å². The number of hydrogen-bond acceptors (Lipinski definition) is 2. The molecule has 5 heteroatoms. The molecular formula is C14H17FN2O2. The second kappa shape index (κ2) is 6.31. The van der Waals surface area contributed by atoms with Gasteiger partial charge in [0.05, 0.1) is 5.92 Å². The maximum Gasteiger partial charge on any atom is 0.224 e. The highest BCUT2D eigenvalue weighted by Crippen LogP contribution is 2.10. The Labute approximate surface area is 111 Å². The lowest BCUT2D eigenvalue weighted by atomic mass is 9.98. The van der Waals surface area contributed by atoms with Gasteiger partial charge in [0.25, 0.3) is 0 Å². The van der Waals surface area contributed by atoms with E-state index in [0.29, 0.717) is 32.4 Å². The SMILES string of the molecule is O=C1CCC(C(=O)NCCc2cccc(F)c2)CN1. The molecule has 0 saturated carbocycles. The van der Waals surface area contributed by atoms with Gasteiger partial charge in [-0.15, -0.1) is 0 Å².